The highest BCUT2D eigenvalue weighted by Crippen LogP contribution is 2.54. The van der Waals surface area contributed by atoms with Crippen LogP contribution in [0.2, 0.25) is 0 Å². The summed E-state index contributed by atoms with van der Waals surface area (Å²) in [5.41, 5.74) is 10.8. The van der Waals surface area contributed by atoms with E-state index < -0.39 is 42.0 Å². The van der Waals surface area contributed by atoms with Crippen molar-refractivity contribution in [2.45, 2.75) is 115 Å². The third-order valence-electron chi connectivity index (χ3n) is 13.2. The number of halogens is 2. The average Bonchev–Trinajstić information content (AvgIpc) is 4.08. The number of fused-ring (bicyclic) bond motifs is 5. The second-order valence-corrected chi connectivity index (χ2v) is 17.7. The summed E-state index contributed by atoms with van der Waals surface area (Å²) in [5.74, 6) is 0.803. The van der Waals surface area contributed by atoms with Crippen LogP contribution in [0.5, 0.6) is 0 Å². The number of rotatable bonds is 9. The number of nitrogens with zero attached hydrogens (tertiary/aromatic N) is 5. The Kier molecular flexibility index (Phi) is 10.1. The minimum Gasteiger partial charge on any atom is -0.467 e. The Bertz CT molecular complexity index is 2430. The van der Waals surface area contributed by atoms with Crippen LogP contribution < -0.4 is 11.1 Å². The minimum absolute atomic E-state index is 0.0369. The van der Waals surface area contributed by atoms with Gasteiger partial charge in [0.2, 0.25) is 11.8 Å². The Balaban J connectivity index is 1.00. The average molecular weight is 826 g/mol. The van der Waals surface area contributed by atoms with E-state index in [2.05, 4.69) is 24.8 Å². The number of allylic oxidation sites excluding steroid dienone is 3. The molecule has 2 aliphatic carbocycles. The van der Waals surface area contributed by atoms with Gasteiger partial charge in [0.05, 0.1) is 66.8 Å². The molecule has 0 bridgehead atoms. The van der Waals surface area contributed by atoms with Crippen LogP contribution in [0, 0.1) is 17.7 Å². The summed E-state index contributed by atoms with van der Waals surface area (Å²) in [4.78, 5) is 58.3. The molecule has 1 spiro atoms. The van der Waals surface area contributed by atoms with Gasteiger partial charge < -0.3 is 40.3 Å². The van der Waals surface area contributed by atoms with Gasteiger partial charge in [-0.3, -0.25) is 14.2 Å². The van der Waals surface area contributed by atoms with Gasteiger partial charge in [-0.05, 0) is 67.7 Å². The fraction of sp³-hybridized carbons (Fsp3) is 0.523. The van der Waals surface area contributed by atoms with Crippen LogP contribution in [0.15, 0.2) is 42.4 Å². The summed E-state index contributed by atoms with van der Waals surface area (Å²) < 4.78 is 45.7. The first-order valence-corrected chi connectivity index (χ1v) is 21.2. The van der Waals surface area contributed by atoms with Crippen molar-refractivity contribution in [3.63, 3.8) is 0 Å². The number of hydrogen-bond donors (Lipinski definition) is 4. The summed E-state index contributed by atoms with van der Waals surface area (Å²) >= 11 is 0. The number of imidazole rings is 2. The number of hydrogen-bond acceptors (Lipinski definition) is 8. The molecule has 16 heteroatoms. The number of carbonyl (C=O) groups is 3. The Hall–Kier alpha value is -5.51. The zero-order valence-corrected chi connectivity index (χ0v) is 34.7. The standard InChI is InChI=1S/C44H53F2N9O5/c1-22(2)36(47)41(56)53-15-6-8-32(53)39-48-20-30(50-39)25-9-11-27-34(17-25)60-44(13-7-14-44)55-31-12-10-24(16-28(31)35(46)38(27)55)29-19-49-40(51-29)33-18-26(45)21-54(33)42(57)37(23(3)4)52-43(58)59-5/h10,12,16-17,19-20,22-23,26,32-33,36-37H,6-9,11,13-15,18,21,47H2,1-5H3,(H,48,50)(H,49,51)(H,52,58). The van der Waals surface area contributed by atoms with Gasteiger partial charge in [0.1, 0.15) is 29.6 Å². The van der Waals surface area contributed by atoms with E-state index in [9.17, 15) is 18.8 Å². The highest BCUT2D eigenvalue weighted by atomic mass is 19.1. The van der Waals surface area contributed by atoms with Crippen molar-refractivity contribution in [3.8, 4) is 11.3 Å². The number of likely N-dealkylation sites (tertiary alicyclic amines) is 2. The molecule has 1 saturated carbocycles. The maximum atomic E-state index is 17.0. The monoisotopic (exact) mass is 825 g/mol. The molecule has 318 valence electrons. The first kappa shape index (κ1) is 39.9. The molecule has 5 unspecified atom stereocenters. The number of amides is 3. The predicted molar refractivity (Wildman–Crippen MR) is 220 cm³/mol. The second kappa shape index (κ2) is 15.2. The number of nitrogens with two attached hydrogens (primary N) is 1. The Morgan fingerprint density at radius 1 is 0.983 bits per heavy atom. The van der Waals surface area contributed by atoms with E-state index in [1.54, 1.807) is 20.0 Å². The van der Waals surface area contributed by atoms with Gasteiger partial charge in [-0.2, -0.15) is 0 Å². The smallest absolute Gasteiger partial charge is 0.407 e. The van der Waals surface area contributed by atoms with Crippen molar-refractivity contribution in [2.24, 2.45) is 17.6 Å². The molecule has 1 aromatic carbocycles. The molecule has 6 heterocycles. The van der Waals surface area contributed by atoms with Gasteiger partial charge in [0.15, 0.2) is 11.5 Å². The van der Waals surface area contributed by atoms with Crippen LogP contribution in [0.25, 0.3) is 33.3 Å². The highest BCUT2D eigenvalue weighted by molar-refractivity contribution is 5.93. The van der Waals surface area contributed by atoms with Gasteiger partial charge >= 0.3 is 6.09 Å². The number of aromatic amines is 2. The summed E-state index contributed by atoms with van der Waals surface area (Å²) in [6.45, 7) is 8.03. The topological polar surface area (TPSA) is 176 Å². The van der Waals surface area contributed by atoms with Crippen molar-refractivity contribution in [1.82, 2.24) is 39.6 Å². The van der Waals surface area contributed by atoms with Crippen molar-refractivity contribution < 1.29 is 32.6 Å². The number of ether oxygens (including phenoxy) is 2. The zero-order valence-electron chi connectivity index (χ0n) is 34.7. The third-order valence-corrected chi connectivity index (χ3v) is 13.2. The lowest BCUT2D eigenvalue weighted by Gasteiger charge is -2.48. The molecule has 5 N–H and O–H groups in total. The zero-order chi connectivity index (χ0) is 42.2. The molecule has 14 nitrogen and oxygen atoms in total. The van der Waals surface area contributed by atoms with Crippen LogP contribution in [0.1, 0.15) is 114 Å². The van der Waals surface area contributed by atoms with Crippen LogP contribution in [-0.4, -0.2) is 90.7 Å². The van der Waals surface area contributed by atoms with Gasteiger partial charge in [-0.15, -0.1) is 0 Å². The third kappa shape index (κ3) is 6.57. The summed E-state index contributed by atoms with van der Waals surface area (Å²) in [7, 11) is 1.22. The lowest BCUT2D eigenvalue weighted by molar-refractivity contribution is -0.136. The highest BCUT2D eigenvalue weighted by Gasteiger charge is 2.49. The Morgan fingerprint density at radius 2 is 1.72 bits per heavy atom. The number of methoxy groups -OCH3 is 1. The molecule has 9 rings (SSSR count). The van der Waals surface area contributed by atoms with E-state index in [4.69, 9.17) is 20.2 Å². The number of aromatic nitrogens is 5. The van der Waals surface area contributed by atoms with E-state index >= 15 is 4.39 Å². The first-order chi connectivity index (χ1) is 28.8. The number of alkyl halides is 1. The molecule has 5 atom stereocenters. The number of H-pyrrole nitrogens is 2. The molecule has 5 aliphatic rings. The molecule has 60 heavy (non-hydrogen) atoms. The largest absolute Gasteiger partial charge is 0.467 e. The molecular weight excluding hydrogens is 773 g/mol. The lowest BCUT2D eigenvalue weighted by Crippen LogP contribution is -2.51. The second-order valence-electron chi connectivity index (χ2n) is 17.7. The van der Waals surface area contributed by atoms with Crippen LogP contribution in [-0.2, 0) is 24.8 Å². The lowest BCUT2D eigenvalue weighted by atomic mass is 9.84. The number of benzene rings is 1. The molecule has 0 radical (unpaired) electrons. The molecule has 3 amide bonds. The van der Waals surface area contributed by atoms with Crippen molar-refractivity contribution in [2.75, 3.05) is 20.2 Å². The summed E-state index contributed by atoms with van der Waals surface area (Å²) in [5, 5.41) is 3.05. The number of nitrogens with one attached hydrogen (secondary N) is 3. The molecule has 3 aliphatic heterocycles. The SMILES string of the molecule is COC(=O)NC(C(=O)N1CC(F)CC1c1ncc(-c2ccc3c(c2)c(F)c2n3C3(CCC3)OC3=C2CCC(c2cnc(C4CCCN4C(=O)C(N)C(C)C)[nH]2)=C3)[nH]1)C(C)C. The minimum atomic E-state index is -1.27. The first-order valence-electron chi connectivity index (χ1n) is 21.2. The van der Waals surface area contributed by atoms with E-state index in [1.165, 1.54) is 12.0 Å². The van der Waals surface area contributed by atoms with E-state index in [0.717, 1.165) is 60.3 Å². The summed E-state index contributed by atoms with van der Waals surface area (Å²) in [6, 6.07) is 3.33. The maximum absolute atomic E-state index is 17.0. The van der Waals surface area contributed by atoms with Crippen molar-refractivity contribution in [1.29, 1.82) is 0 Å². The molecule has 3 fully saturated rings. The van der Waals surface area contributed by atoms with Crippen LogP contribution in [0.4, 0.5) is 13.6 Å². The maximum Gasteiger partial charge on any atom is 0.407 e. The molecule has 2 saturated heterocycles. The predicted octanol–water partition coefficient (Wildman–Crippen LogP) is 6.99. The normalized spacial score (nSPS) is 23.1. The number of carbonyl (C=O) groups excluding carboxylic acids is 3. The van der Waals surface area contributed by atoms with E-state index in [1.807, 2.05) is 49.2 Å². The Labute approximate surface area is 346 Å². The van der Waals surface area contributed by atoms with Gasteiger partial charge in [0, 0.05) is 42.3 Å². The van der Waals surface area contributed by atoms with Gasteiger partial charge in [0.25, 0.3) is 0 Å². The van der Waals surface area contributed by atoms with Gasteiger partial charge in [-0.1, -0.05) is 33.8 Å². The quantitative estimate of drug-likeness (QED) is 0.140. The van der Waals surface area contributed by atoms with E-state index in [0.29, 0.717) is 53.3 Å². The van der Waals surface area contributed by atoms with Crippen LogP contribution >= 0.6 is 0 Å². The van der Waals surface area contributed by atoms with Crippen molar-refractivity contribution in [3.05, 3.63) is 71.3 Å². The fourth-order valence-electron chi connectivity index (χ4n) is 9.68. The summed E-state index contributed by atoms with van der Waals surface area (Å²) in [6.07, 6.45) is 8.84. The van der Waals surface area contributed by atoms with Crippen molar-refractivity contribution >= 4 is 40.0 Å². The fourth-order valence-corrected chi connectivity index (χ4v) is 9.68. The molecule has 4 aromatic rings. The molecular formula is C44H53F2N9O5. The van der Waals surface area contributed by atoms with Crippen LogP contribution in [0.3, 0.4) is 0 Å². The number of alkyl carbamates (subject to hydrolysis) is 1. The molecule has 3 aromatic heterocycles. The van der Waals surface area contributed by atoms with E-state index in [-0.39, 0.29) is 42.6 Å². The van der Waals surface area contributed by atoms with Gasteiger partial charge in [-0.25, -0.2) is 23.5 Å². The Morgan fingerprint density at radius 3 is 2.42 bits per heavy atom.